The van der Waals surface area contributed by atoms with Crippen molar-refractivity contribution in [3.63, 3.8) is 0 Å². The number of carboxylic acids is 1. The van der Waals surface area contributed by atoms with Gasteiger partial charge in [-0.2, -0.15) is 0 Å². The Morgan fingerprint density at radius 2 is 2.05 bits per heavy atom. The third-order valence-electron chi connectivity index (χ3n) is 2.59. The van der Waals surface area contributed by atoms with Gasteiger partial charge in [0.1, 0.15) is 5.82 Å². The zero-order chi connectivity index (χ0) is 15.4. The number of carbonyl (C=O) groups is 2. The van der Waals surface area contributed by atoms with E-state index in [-0.39, 0.29) is 17.0 Å². The van der Waals surface area contributed by atoms with E-state index in [0.29, 0.717) is 11.4 Å². The summed E-state index contributed by atoms with van der Waals surface area (Å²) in [6.45, 7) is 0. The fraction of sp³-hybridized carbons (Fsp3) is 0.0714. The number of nitrogens with one attached hydrogen (secondary N) is 1. The lowest BCUT2D eigenvalue weighted by molar-refractivity contribution is -0.136. The van der Waals surface area contributed by atoms with Crippen LogP contribution in [-0.2, 0) is 11.2 Å². The van der Waals surface area contributed by atoms with Gasteiger partial charge in [-0.15, -0.1) is 0 Å². The van der Waals surface area contributed by atoms with E-state index in [4.69, 9.17) is 16.7 Å². The number of aromatic nitrogens is 1. The highest BCUT2D eigenvalue weighted by atomic mass is 35.5. The van der Waals surface area contributed by atoms with Gasteiger partial charge >= 0.3 is 5.97 Å². The van der Waals surface area contributed by atoms with Crippen LogP contribution in [0.2, 0.25) is 5.02 Å². The van der Waals surface area contributed by atoms with Crippen molar-refractivity contribution in [2.24, 2.45) is 0 Å². The Morgan fingerprint density at radius 1 is 1.29 bits per heavy atom. The van der Waals surface area contributed by atoms with Crippen LogP contribution in [0.4, 0.5) is 10.1 Å². The third kappa shape index (κ3) is 4.00. The SMILES string of the molecule is O=C(O)Cc1ccc(NC(=O)c2ccc(Cl)cc2F)cn1. The zero-order valence-corrected chi connectivity index (χ0v) is 11.4. The number of rotatable bonds is 4. The minimum Gasteiger partial charge on any atom is -0.481 e. The molecule has 2 aromatic rings. The topological polar surface area (TPSA) is 79.3 Å². The molecule has 1 heterocycles. The van der Waals surface area contributed by atoms with Crippen molar-refractivity contribution in [1.29, 1.82) is 0 Å². The molecule has 0 unspecified atom stereocenters. The highest BCUT2D eigenvalue weighted by Crippen LogP contribution is 2.16. The van der Waals surface area contributed by atoms with E-state index in [1.165, 1.54) is 30.5 Å². The summed E-state index contributed by atoms with van der Waals surface area (Å²) >= 11 is 5.61. The highest BCUT2D eigenvalue weighted by Gasteiger charge is 2.12. The molecule has 1 amide bonds. The lowest BCUT2D eigenvalue weighted by Crippen LogP contribution is -2.14. The standard InChI is InChI=1S/C14H10ClFN2O3/c15-8-1-4-11(12(16)5-8)14(21)18-10-3-2-9(17-7-10)6-13(19)20/h1-5,7H,6H2,(H,18,21)(H,19,20). The molecule has 0 aliphatic carbocycles. The lowest BCUT2D eigenvalue weighted by atomic mass is 10.2. The number of nitrogens with zero attached hydrogens (tertiary/aromatic N) is 1. The first kappa shape index (κ1) is 14.9. The van der Waals surface area contributed by atoms with Crippen molar-refractivity contribution < 1.29 is 19.1 Å². The van der Waals surface area contributed by atoms with Gasteiger partial charge in [-0.3, -0.25) is 14.6 Å². The van der Waals surface area contributed by atoms with Crippen molar-refractivity contribution in [1.82, 2.24) is 4.98 Å². The summed E-state index contributed by atoms with van der Waals surface area (Å²) in [4.78, 5) is 26.3. The summed E-state index contributed by atoms with van der Waals surface area (Å²) in [6, 6.07) is 6.70. The van der Waals surface area contributed by atoms with Crippen LogP contribution >= 0.6 is 11.6 Å². The highest BCUT2D eigenvalue weighted by molar-refractivity contribution is 6.30. The van der Waals surface area contributed by atoms with Crippen LogP contribution in [0.25, 0.3) is 0 Å². The average molecular weight is 309 g/mol. The second-order valence-electron chi connectivity index (χ2n) is 4.19. The molecule has 0 aliphatic heterocycles. The summed E-state index contributed by atoms with van der Waals surface area (Å²) in [5, 5.41) is 11.3. The second-order valence-corrected chi connectivity index (χ2v) is 4.62. The first-order valence-electron chi connectivity index (χ1n) is 5.89. The molecule has 0 bridgehead atoms. The summed E-state index contributed by atoms with van der Waals surface area (Å²) < 4.78 is 13.6. The fourth-order valence-electron chi connectivity index (χ4n) is 1.63. The molecule has 21 heavy (non-hydrogen) atoms. The van der Waals surface area contributed by atoms with Crippen LogP contribution in [0.3, 0.4) is 0 Å². The van der Waals surface area contributed by atoms with Gasteiger partial charge in [0.15, 0.2) is 0 Å². The predicted octanol–water partition coefficient (Wildman–Crippen LogP) is 2.75. The number of carbonyl (C=O) groups excluding carboxylic acids is 1. The number of carboxylic acid groups (broad SMARTS) is 1. The maximum absolute atomic E-state index is 13.6. The maximum Gasteiger partial charge on any atom is 0.309 e. The van der Waals surface area contributed by atoms with E-state index in [1.54, 1.807) is 0 Å². The molecular weight excluding hydrogens is 299 g/mol. The van der Waals surface area contributed by atoms with Crippen LogP contribution in [0.1, 0.15) is 16.1 Å². The molecule has 1 aromatic heterocycles. The Morgan fingerprint density at radius 3 is 2.62 bits per heavy atom. The normalized spacial score (nSPS) is 10.2. The number of anilines is 1. The smallest absolute Gasteiger partial charge is 0.309 e. The molecule has 0 fully saturated rings. The lowest BCUT2D eigenvalue weighted by Gasteiger charge is -2.06. The van der Waals surface area contributed by atoms with E-state index >= 15 is 0 Å². The number of aliphatic carboxylic acids is 1. The van der Waals surface area contributed by atoms with Crippen LogP contribution in [-0.4, -0.2) is 22.0 Å². The molecule has 0 spiro atoms. The second kappa shape index (κ2) is 6.32. The maximum atomic E-state index is 13.6. The summed E-state index contributed by atoms with van der Waals surface area (Å²) in [7, 11) is 0. The Kier molecular flexibility index (Phi) is 4.49. The summed E-state index contributed by atoms with van der Waals surface area (Å²) in [6.07, 6.45) is 1.10. The van der Waals surface area contributed by atoms with Gasteiger partial charge in [0.2, 0.25) is 0 Å². The predicted molar refractivity (Wildman–Crippen MR) is 74.9 cm³/mol. The van der Waals surface area contributed by atoms with Gasteiger partial charge in [-0.1, -0.05) is 11.6 Å². The van der Waals surface area contributed by atoms with E-state index in [9.17, 15) is 14.0 Å². The molecule has 5 nitrogen and oxygen atoms in total. The van der Waals surface area contributed by atoms with Crippen LogP contribution in [0.15, 0.2) is 36.5 Å². The van der Waals surface area contributed by atoms with Crippen molar-refractivity contribution in [3.8, 4) is 0 Å². The zero-order valence-electron chi connectivity index (χ0n) is 10.6. The number of benzene rings is 1. The molecule has 108 valence electrons. The number of hydrogen-bond donors (Lipinski definition) is 2. The summed E-state index contributed by atoms with van der Waals surface area (Å²) in [5.74, 6) is -2.37. The molecule has 0 saturated heterocycles. The van der Waals surface area contributed by atoms with Gasteiger partial charge in [-0.25, -0.2) is 4.39 Å². The van der Waals surface area contributed by atoms with E-state index in [2.05, 4.69) is 10.3 Å². The largest absolute Gasteiger partial charge is 0.481 e. The first-order valence-corrected chi connectivity index (χ1v) is 6.26. The number of hydrogen-bond acceptors (Lipinski definition) is 3. The van der Waals surface area contributed by atoms with Gasteiger partial charge in [0.05, 0.1) is 29.6 Å². The molecular formula is C14H10ClFN2O3. The van der Waals surface area contributed by atoms with Crippen LogP contribution in [0.5, 0.6) is 0 Å². The molecule has 1 aromatic carbocycles. The first-order chi connectivity index (χ1) is 9.95. The molecule has 0 atom stereocenters. The van der Waals surface area contributed by atoms with E-state index in [0.717, 1.165) is 6.07 Å². The fourth-order valence-corrected chi connectivity index (χ4v) is 1.79. The molecule has 2 rings (SSSR count). The van der Waals surface area contributed by atoms with Gasteiger partial charge in [0.25, 0.3) is 5.91 Å². The van der Waals surface area contributed by atoms with Gasteiger partial charge in [0, 0.05) is 5.02 Å². The minimum absolute atomic E-state index is 0.144. The Labute approximate surface area is 124 Å². The van der Waals surface area contributed by atoms with E-state index in [1.807, 2.05) is 0 Å². The molecule has 0 radical (unpaired) electrons. The summed E-state index contributed by atoms with van der Waals surface area (Å²) in [5.41, 5.74) is 0.552. The molecule has 7 heteroatoms. The molecule has 0 saturated carbocycles. The van der Waals surface area contributed by atoms with Crippen molar-refractivity contribution in [2.75, 3.05) is 5.32 Å². The number of amides is 1. The Bertz CT molecular complexity index is 689. The van der Waals surface area contributed by atoms with Gasteiger partial charge in [-0.05, 0) is 30.3 Å². The quantitative estimate of drug-likeness (QED) is 0.910. The van der Waals surface area contributed by atoms with Crippen molar-refractivity contribution >= 4 is 29.2 Å². The van der Waals surface area contributed by atoms with Crippen molar-refractivity contribution in [3.05, 3.63) is 58.6 Å². The third-order valence-corrected chi connectivity index (χ3v) is 2.83. The number of halogens is 2. The Balaban J connectivity index is 2.10. The average Bonchev–Trinajstić information content (AvgIpc) is 2.40. The number of pyridine rings is 1. The van der Waals surface area contributed by atoms with Crippen LogP contribution in [0, 0.1) is 5.82 Å². The van der Waals surface area contributed by atoms with Crippen molar-refractivity contribution in [2.45, 2.75) is 6.42 Å². The Hall–Kier alpha value is -2.47. The molecule has 0 aliphatic rings. The van der Waals surface area contributed by atoms with Crippen LogP contribution < -0.4 is 5.32 Å². The molecule has 2 N–H and O–H groups in total. The monoisotopic (exact) mass is 308 g/mol. The van der Waals surface area contributed by atoms with Gasteiger partial charge < -0.3 is 10.4 Å². The van der Waals surface area contributed by atoms with E-state index < -0.39 is 17.7 Å². The minimum atomic E-state index is -0.998.